The smallest absolute Gasteiger partial charge is 0.264 e. The minimum Gasteiger partial charge on any atom is -0.497 e. The van der Waals surface area contributed by atoms with Crippen LogP contribution in [0.2, 0.25) is 0 Å². The zero-order valence-electron chi connectivity index (χ0n) is 20.0. The maximum Gasteiger partial charge on any atom is 0.264 e. The molecule has 3 aromatic carbocycles. The average molecular weight is 534 g/mol. The summed E-state index contributed by atoms with van der Waals surface area (Å²) >= 11 is 1.27. The minimum absolute atomic E-state index is 0.104. The summed E-state index contributed by atoms with van der Waals surface area (Å²) in [6.07, 6.45) is 0. The van der Waals surface area contributed by atoms with E-state index >= 15 is 0 Å². The van der Waals surface area contributed by atoms with E-state index in [4.69, 9.17) is 9.15 Å². The number of benzene rings is 3. The number of hydrogen-bond donors (Lipinski definition) is 1. The highest BCUT2D eigenvalue weighted by atomic mass is 32.2. The number of carbonyl (C=O) groups excluding carboxylic acids is 1. The Hall–Kier alpha value is -4.15. The highest BCUT2D eigenvalue weighted by Crippen LogP contribution is 2.32. The predicted octanol–water partition coefficient (Wildman–Crippen LogP) is 6.03. The molecule has 0 unspecified atom stereocenters. The van der Waals surface area contributed by atoms with Gasteiger partial charge in [-0.15, -0.1) is 11.3 Å². The number of hydrogen-bond acceptors (Lipinski definition) is 7. The van der Waals surface area contributed by atoms with Crippen molar-refractivity contribution in [3.8, 4) is 17.2 Å². The Bertz CT molecular complexity index is 1660. The van der Waals surface area contributed by atoms with Crippen molar-refractivity contribution in [2.45, 2.75) is 11.8 Å². The van der Waals surface area contributed by atoms with Crippen LogP contribution in [0.5, 0.6) is 5.75 Å². The molecule has 8 nitrogen and oxygen atoms in total. The number of nitrogens with one attached hydrogen (secondary N) is 1. The van der Waals surface area contributed by atoms with Crippen LogP contribution < -0.4 is 14.4 Å². The van der Waals surface area contributed by atoms with Crippen LogP contribution in [0.1, 0.15) is 17.3 Å². The number of ether oxygens (including phenoxy) is 1. The molecule has 188 valence electrons. The van der Waals surface area contributed by atoms with Crippen molar-refractivity contribution in [1.82, 2.24) is 4.98 Å². The Balaban J connectivity index is 1.31. The molecule has 0 aliphatic carbocycles. The van der Waals surface area contributed by atoms with E-state index in [2.05, 4.69) is 10.3 Å². The zero-order valence-corrected chi connectivity index (χ0v) is 21.7. The van der Waals surface area contributed by atoms with Crippen LogP contribution in [0, 0.1) is 0 Å². The van der Waals surface area contributed by atoms with Gasteiger partial charge in [-0.1, -0.05) is 18.2 Å². The van der Waals surface area contributed by atoms with Crippen LogP contribution in [-0.2, 0) is 10.0 Å². The van der Waals surface area contributed by atoms with Gasteiger partial charge in [0.15, 0.2) is 10.9 Å². The standard InChI is InChI=1S/C27H23N3O5S2/c1-3-30(20-7-5-4-6-8-20)37(32,33)22-12-9-18(10-13-22)26(31)29-27-28-23(17-36-27)25-16-19-15-21(34-2)11-14-24(19)35-25/h4-17H,3H2,1-2H3,(H,28,29,31). The molecular weight excluding hydrogens is 510 g/mol. The molecule has 10 heteroatoms. The molecule has 37 heavy (non-hydrogen) atoms. The molecule has 0 aliphatic rings. The molecule has 2 heterocycles. The minimum atomic E-state index is -3.78. The van der Waals surface area contributed by atoms with Gasteiger partial charge in [0.1, 0.15) is 17.0 Å². The number of fused-ring (bicyclic) bond motifs is 1. The number of rotatable bonds is 8. The summed E-state index contributed by atoms with van der Waals surface area (Å²) in [5.74, 6) is 0.912. The fourth-order valence-electron chi connectivity index (χ4n) is 3.88. The molecule has 0 aliphatic heterocycles. The summed E-state index contributed by atoms with van der Waals surface area (Å²) in [7, 11) is -2.17. The Labute approximate surface area is 218 Å². The van der Waals surface area contributed by atoms with Crippen molar-refractivity contribution in [2.24, 2.45) is 0 Å². The first kappa shape index (κ1) is 24.5. The lowest BCUT2D eigenvalue weighted by Crippen LogP contribution is -2.30. The van der Waals surface area contributed by atoms with E-state index in [1.54, 1.807) is 43.7 Å². The molecule has 0 fully saturated rings. The van der Waals surface area contributed by atoms with Gasteiger partial charge >= 0.3 is 0 Å². The second kappa shape index (κ2) is 10.1. The second-order valence-corrected chi connectivity index (χ2v) is 10.8. The van der Waals surface area contributed by atoms with Crippen LogP contribution in [-0.4, -0.2) is 33.0 Å². The van der Waals surface area contributed by atoms with Crippen LogP contribution in [0.4, 0.5) is 10.8 Å². The number of methoxy groups -OCH3 is 1. The van der Waals surface area contributed by atoms with Crippen LogP contribution >= 0.6 is 11.3 Å². The average Bonchev–Trinajstić information content (AvgIpc) is 3.56. The summed E-state index contributed by atoms with van der Waals surface area (Å²) in [6, 6.07) is 22.1. The monoisotopic (exact) mass is 533 g/mol. The topological polar surface area (TPSA) is 102 Å². The lowest BCUT2D eigenvalue weighted by atomic mass is 10.2. The third kappa shape index (κ3) is 4.93. The first-order valence-electron chi connectivity index (χ1n) is 11.4. The molecule has 1 amide bonds. The maximum absolute atomic E-state index is 13.2. The van der Waals surface area contributed by atoms with Crippen molar-refractivity contribution in [3.05, 3.63) is 89.8 Å². The van der Waals surface area contributed by atoms with Gasteiger partial charge in [-0.2, -0.15) is 0 Å². The number of furan rings is 1. The Kier molecular flexibility index (Phi) is 6.68. The van der Waals surface area contributed by atoms with E-state index in [0.29, 0.717) is 33.4 Å². The zero-order chi connectivity index (χ0) is 26.0. The van der Waals surface area contributed by atoms with Gasteiger partial charge in [-0.25, -0.2) is 13.4 Å². The Morgan fingerprint density at radius 1 is 1.05 bits per heavy atom. The fraction of sp³-hybridized carbons (Fsp3) is 0.111. The molecular formula is C27H23N3O5S2. The molecule has 0 atom stereocenters. The number of amides is 1. The number of sulfonamides is 1. The van der Waals surface area contributed by atoms with Crippen LogP contribution in [0.3, 0.4) is 0 Å². The lowest BCUT2D eigenvalue weighted by molar-refractivity contribution is 0.102. The fourth-order valence-corrected chi connectivity index (χ4v) is 6.05. The normalized spacial score (nSPS) is 11.4. The molecule has 0 saturated heterocycles. The first-order valence-corrected chi connectivity index (χ1v) is 13.7. The van der Waals surface area contributed by atoms with Crippen molar-refractivity contribution < 1.29 is 22.4 Å². The van der Waals surface area contributed by atoms with Crippen molar-refractivity contribution >= 4 is 49.1 Å². The van der Waals surface area contributed by atoms with E-state index < -0.39 is 15.9 Å². The third-order valence-corrected chi connectivity index (χ3v) is 8.41. The van der Waals surface area contributed by atoms with Crippen molar-refractivity contribution in [1.29, 1.82) is 0 Å². The van der Waals surface area contributed by atoms with E-state index in [0.717, 1.165) is 11.1 Å². The quantitative estimate of drug-likeness (QED) is 0.261. The summed E-state index contributed by atoms with van der Waals surface area (Å²) < 4.78 is 38.8. The van der Waals surface area contributed by atoms with Gasteiger partial charge in [0, 0.05) is 22.9 Å². The van der Waals surface area contributed by atoms with Crippen LogP contribution in [0.25, 0.3) is 22.4 Å². The number of para-hydroxylation sites is 1. The van der Waals surface area contributed by atoms with E-state index in [9.17, 15) is 13.2 Å². The summed E-state index contributed by atoms with van der Waals surface area (Å²) in [4.78, 5) is 17.4. The predicted molar refractivity (Wildman–Crippen MR) is 145 cm³/mol. The summed E-state index contributed by atoms with van der Waals surface area (Å²) in [6.45, 7) is 2.05. The van der Waals surface area contributed by atoms with Gasteiger partial charge in [-0.3, -0.25) is 14.4 Å². The first-order chi connectivity index (χ1) is 17.9. The molecule has 5 aromatic rings. The SMILES string of the molecule is CCN(c1ccccc1)S(=O)(=O)c1ccc(C(=O)Nc2nc(-c3cc4cc(OC)ccc4o3)cs2)cc1. The van der Waals surface area contributed by atoms with Gasteiger partial charge in [0.2, 0.25) is 0 Å². The van der Waals surface area contributed by atoms with E-state index in [1.165, 1.54) is 39.9 Å². The number of nitrogens with zero attached hydrogens (tertiary/aromatic N) is 2. The molecule has 5 rings (SSSR count). The van der Waals surface area contributed by atoms with Gasteiger partial charge in [0.25, 0.3) is 15.9 Å². The summed E-state index contributed by atoms with van der Waals surface area (Å²) in [5, 5.41) is 5.85. The molecule has 0 bridgehead atoms. The third-order valence-electron chi connectivity index (χ3n) is 5.74. The van der Waals surface area contributed by atoms with Gasteiger partial charge in [0.05, 0.1) is 17.7 Å². The molecule has 0 radical (unpaired) electrons. The van der Waals surface area contributed by atoms with Crippen molar-refractivity contribution in [2.75, 3.05) is 23.3 Å². The number of aromatic nitrogens is 1. The van der Waals surface area contributed by atoms with Crippen LogP contribution in [0.15, 0.2) is 93.6 Å². The number of anilines is 2. The maximum atomic E-state index is 13.2. The second-order valence-electron chi connectivity index (χ2n) is 8.04. The molecule has 0 saturated carbocycles. The molecule has 1 N–H and O–H groups in total. The van der Waals surface area contributed by atoms with Gasteiger partial charge in [-0.05, 0) is 67.6 Å². The largest absolute Gasteiger partial charge is 0.497 e. The molecule has 0 spiro atoms. The highest BCUT2D eigenvalue weighted by molar-refractivity contribution is 7.92. The Morgan fingerprint density at radius 2 is 1.81 bits per heavy atom. The lowest BCUT2D eigenvalue weighted by Gasteiger charge is -2.22. The highest BCUT2D eigenvalue weighted by Gasteiger charge is 2.24. The Morgan fingerprint density at radius 3 is 2.51 bits per heavy atom. The summed E-state index contributed by atoms with van der Waals surface area (Å²) in [5.41, 5.74) is 2.19. The van der Waals surface area contributed by atoms with Crippen molar-refractivity contribution in [3.63, 3.8) is 0 Å². The molecule has 2 aromatic heterocycles. The van der Waals surface area contributed by atoms with E-state index in [-0.39, 0.29) is 11.4 Å². The van der Waals surface area contributed by atoms with E-state index in [1.807, 2.05) is 30.3 Å². The number of carbonyl (C=O) groups is 1. The van der Waals surface area contributed by atoms with Gasteiger partial charge < -0.3 is 9.15 Å². The number of thiazole rings is 1.